The van der Waals surface area contributed by atoms with E-state index in [1.54, 1.807) is 0 Å². The number of hydrogen-bond acceptors (Lipinski definition) is 2. The van der Waals surface area contributed by atoms with Crippen LogP contribution in [0.3, 0.4) is 0 Å². The Morgan fingerprint density at radius 3 is 2.47 bits per heavy atom. The molecule has 2 nitrogen and oxygen atoms in total. The lowest BCUT2D eigenvalue weighted by atomic mass is 9.88. The van der Waals surface area contributed by atoms with Crippen molar-refractivity contribution in [2.24, 2.45) is 5.41 Å². The van der Waals surface area contributed by atoms with Gasteiger partial charge in [-0.05, 0) is 38.3 Å². The van der Waals surface area contributed by atoms with E-state index in [1.807, 2.05) is 0 Å². The lowest BCUT2D eigenvalue weighted by Crippen LogP contribution is -2.42. The van der Waals surface area contributed by atoms with Crippen LogP contribution in [0, 0.1) is 5.41 Å². The maximum absolute atomic E-state index is 10.2. The maximum Gasteiger partial charge on any atom is 0.0746 e. The Bertz CT molecular complexity index is 191. The minimum absolute atomic E-state index is 0.115. The molecular formula is C13H27NO. The van der Waals surface area contributed by atoms with Crippen molar-refractivity contribution in [2.75, 3.05) is 13.6 Å². The minimum Gasteiger partial charge on any atom is -0.391 e. The summed E-state index contributed by atoms with van der Waals surface area (Å²) in [5.41, 5.74) is 0.115. The fourth-order valence-electron chi connectivity index (χ4n) is 2.58. The number of likely N-dealkylation sites (N-methyl/N-ethyl adjacent to an activating group) is 1. The zero-order valence-electron chi connectivity index (χ0n) is 10.8. The molecule has 1 aliphatic carbocycles. The van der Waals surface area contributed by atoms with Crippen molar-refractivity contribution < 1.29 is 5.11 Å². The van der Waals surface area contributed by atoms with E-state index in [2.05, 4.69) is 32.7 Å². The monoisotopic (exact) mass is 213 g/mol. The Hall–Kier alpha value is -0.0800. The Balaban J connectivity index is 2.37. The van der Waals surface area contributed by atoms with Crippen molar-refractivity contribution in [3.8, 4) is 0 Å². The van der Waals surface area contributed by atoms with Gasteiger partial charge >= 0.3 is 0 Å². The van der Waals surface area contributed by atoms with E-state index in [4.69, 9.17) is 0 Å². The van der Waals surface area contributed by atoms with Gasteiger partial charge in [0.05, 0.1) is 6.10 Å². The van der Waals surface area contributed by atoms with Crippen molar-refractivity contribution in [1.82, 2.24) is 4.90 Å². The van der Waals surface area contributed by atoms with Gasteiger partial charge in [-0.2, -0.15) is 0 Å². The molecule has 15 heavy (non-hydrogen) atoms. The highest BCUT2D eigenvalue weighted by atomic mass is 16.3. The molecule has 1 aliphatic rings. The van der Waals surface area contributed by atoms with Crippen LogP contribution in [0.25, 0.3) is 0 Å². The average Bonchev–Trinajstić information content (AvgIpc) is 2.43. The average molecular weight is 213 g/mol. The van der Waals surface area contributed by atoms with E-state index in [9.17, 15) is 5.11 Å². The van der Waals surface area contributed by atoms with Gasteiger partial charge < -0.3 is 10.0 Å². The van der Waals surface area contributed by atoms with Crippen LogP contribution in [-0.4, -0.2) is 35.7 Å². The first-order chi connectivity index (χ1) is 6.99. The summed E-state index contributed by atoms with van der Waals surface area (Å²) < 4.78 is 0. The molecule has 0 aromatic heterocycles. The maximum atomic E-state index is 10.2. The number of rotatable bonds is 5. The molecule has 1 fully saturated rings. The quantitative estimate of drug-likeness (QED) is 0.710. The lowest BCUT2D eigenvalue weighted by Gasteiger charge is -2.31. The second-order valence-corrected chi connectivity index (χ2v) is 5.73. The second kappa shape index (κ2) is 5.31. The van der Waals surface area contributed by atoms with Crippen LogP contribution in [0.15, 0.2) is 0 Å². The van der Waals surface area contributed by atoms with Crippen molar-refractivity contribution >= 4 is 0 Å². The molecule has 2 heteroatoms. The largest absolute Gasteiger partial charge is 0.391 e. The van der Waals surface area contributed by atoms with Gasteiger partial charge in [0.1, 0.15) is 0 Å². The Labute approximate surface area is 94.7 Å². The smallest absolute Gasteiger partial charge is 0.0746 e. The van der Waals surface area contributed by atoms with Crippen LogP contribution in [0.1, 0.15) is 52.9 Å². The van der Waals surface area contributed by atoms with Gasteiger partial charge in [-0.1, -0.05) is 33.6 Å². The standard InChI is InChI=1S/C13H27NO/c1-5-6-7-10-14(4)11-8-9-13(2,3)12(11)15/h11-12,15H,5-10H2,1-4H3. The molecule has 0 aromatic carbocycles. The third-order valence-electron chi connectivity index (χ3n) is 3.93. The van der Waals surface area contributed by atoms with Gasteiger partial charge in [0.2, 0.25) is 0 Å². The van der Waals surface area contributed by atoms with Crippen LogP contribution in [0.5, 0.6) is 0 Å². The molecule has 90 valence electrons. The van der Waals surface area contributed by atoms with Crippen LogP contribution >= 0.6 is 0 Å². The molecule has 1 saturated carbocycles. The number of aliphatic hydroxyl groups excluding tert-OH is 1. The van der Waals surface area contributed by atoms with E-state index < -0.39 is 0 Å². The Kier molecular flexibility index (Phi) is 4.60. The molecule has 0 aromatic rings. The summed E-state index contributed by atoms with van der Waals surface area (Å²) in [6.07, 6.45) is 5.98. The van der Waals surface area contributed by atoms with Crippen LogP contribution in [0.4, 0.5) is 0 Å². The first kappa shape index (κ1) is 13.0. The summed E-state index contributed by atoms with van der Waals surface area (Å²) in [6.45, 7) is 7.72. The van der Waals surface area contributed by atoms with Gasteiger partial charge in [-0.15, -0.1) is 0 Å². The minimum atomic E-state index is -0.149. The van der Waals surface area contributed by atoms with E-state index in [0.29, 0.717) is 6.04 Å². The van der Waals surface area contributed by atoms with Gasteiger partial charge in [0.25, 0.3) is 0 Å². The number of nitrogens with zero attached hydrogens (tertiary/aromatic N) is 1. The molecule has 2 unspecified atom stereocenters. The SMILES string of the molecule is CCCCCN(C)C1CCC(C)(C)C1O. The van der Waals surface area contributed by atoms with E-state index in [-0.39, 0.29) is 11.5 Å². The molecule has 0 saturated heterocycles. The van der Waals surface area contributed by atoms with Crippen molar-refractivity contribution in [1.29, 1.82) is 0 Å². The summed E-state index contributed by atoms with van der Waals surface area (Å²) in [6, 6.07) is 0.386. The Morgan fingerprint density at radius 1 is 1.33 bits per heavy atom. The number of unbranched alkanes of at least 4 members (excludes halogenated alkanes) is 2. The molecule has 0 heterocycles. The summed E-state index contributed by atoms with van der Waals surface area (Å²) in [5, 5.41) is 10.2. The molecule has 0 radical (unpaired) electrons. The Morgan fingerprint density at radius 2 is 2.00 bits per heavy atom. The fourth-order valence-corrected chi connectivity index (χ4v) is 2.58. The van der Waals surface area contributed by atoms with Crippen molar-refractivity contribution in [2.45, 2.75) is 65.0 Å². The highest BCUT2D eigenvalue weighted by Crippen LogP contribution is 2.39. The summed E-state index contributed by atoms with van der Waals surface area (Å²) in [7, 11) is 2.16. The summed E-state index contributed by atoms with van der Waals surface area (Å²) in [4.78, 5) is 2.36. The molecule has 2 atom stereocenters. The van der Waals surface area contributed by atoms with Gasteiger partial charge in [-0.25, -0.2) is 0 Å². The van der Waals surface area contributed by atoms with Gasteiger partial charge in [-0.3, -0.25) is 0 Å². The highest BCUT2D eigenvalue weighted by Gasteiger charge is 2.42. The summed E-state index contributed by atoms with van der Waals surface area (Å²) >= 11 is 0. The van der Waals surface area contributed by atoms with Crippen LogP contribution in [-0.2, 0) is 0 Å². The molecule has 1 rings (SSSR count). The number of aliphatic hydroxyl groups is 1. The van der Waals surface area contributed by atoms with Crippen LogP contribution < -0.4 is 0 Å². The van der Waals surface area contributed by atoms with Crippen LogP contribution in [0.2, 0.25) is 0 Å². The van der Waals surface area contributed by atoms with E-state index in [0.717, 1.165) is 19.4 Å². The van der Waals surface area contributed by atoms with E-state index in [1.165, 1.54) is 19.3 Å². The normalized spacial score (nSPS) is 30.0. The lowest BCUT2D eigenvalue weighted by molar-refractivity contribution is 0.0228. The van der Waals surface area contributed by atoms with E-state index >= 15 is 0 Å². The topological polar surface area (TPSA) is 23.5 Å². The second-order valence-electron chi connectivity index (χ2n) is 5.73. The molecule has 0 bridgehead atoms. The summed E-state index contributed by atoms with van der Waals surface area (Å²) in [5.74, 6) is 0. The molecule has 0 spiro atoms. The predicted octanol–water partition coefficient (Wildman–Crippen LogP) is 2.66. The van der Waals surface area contributed by atoms with Crippen molar-refractivity contribution in [3.63, 3.8) is 0 Å². The van der Waals surface area contributed by atoms with Crippen molar-refractivity contribution in [3.05, 3.63) is 0 Å². The van der Waals surface area contributed by atoms with Gasteiger partial charge in [0, 0.05) is 6.04 Å². The zero-order chi connectivity index (χ0) is 11.5. The number of hydrogen-bond donors (Lipinski definition) is 1. The predicted molar refractivity (Wildman–Crippen MR) is 65.0 cm³/mol. The molecule has 1 N–H and O–H groups in total. The fraction of sp³-hybridized carbons (Fsp3) is 1.00. The highest BCUT2D eigenvalue weighted by molar-refractivity contribution is 4.95. The molecule has 0 aliphatic heterocycles. The van der Waals surface area contributed by atoms with Gasteiger partial charge in [0.15, 0.2) is 0 Å². The molecule has 0 amide bonds. The zero-order valence-corrected chi connectivity index (χ0v) is 10.8. The third kappa shape index (κ3) is 3.18. The first-order valence-corrected chi connectivity index (χ1v) is 6.37. The first-order valence-electron chi connectivity index (χ1n) is 6.37. The third-order valence-corrected chi connectivity index (χ3v) is 3.93. The molecular weight excluding hydrogens is 186 g/mol.